The normalized spacial score (nSPS) is 15.0. The van der Waals surface area contributed by atoms with Gasteiger partial charge in [-0.05, 0) is 24.3 Å². The van der Waals surface area contributed by atoms with Crippen LogP contribution in [0.4, 0.5) is 0 Å². The first-order valence-corrected chi connectivity index (χ1v) is 4.86. The van der Waals surface area contributed by atoms with Crippen molar-refractivity contribution in [3.05, 3.63) is 24.3 Å². The smallest absolute Gasteiger partial charge is 0.119 e. The van der Waals surface area contributed by atoms with Gasteiger partial charge >= 0.3 is 0 Å². The second kappa shape index (κ2) is 5.83. The van der Waals surface area contributed by atoms with Gasteiger partial charge in [-0.25, -0.2) is 0 Å². The lowest BCUT2D eigenvalue weighted by Crippen LogP contribution is -2.45. The van der Waals surface area contributed by atoms with Gasteiger partial charge in [-0.15, -0.1) is 12.4 Å². The highest BCUT2D eigenvalue weighted by Crippen LogP contribution is 2.18. The zero-order chi connectivity index (χ0) is 9.80. The topological polar surface area (TPSA) is 30.5 Å². The summed E-state index contributed by atoms with van der Waals surface area (Å²) in [7, 11) is 1.66. The fourth-order valence-electron chi connectivity index (χ4n) is 1.35. The SMILES string of the molecule is COc1ccc(OCC2CNC2)cc1.Cl. The van der Waals surface area contributed by atoms with Gasteiger partial charge in [0.1, 0.15) is 11.5 Å². The summed E-state index contributed by atoms with van der Waals surface area (Å²) in [6.07, 6.45) is 0. The number of rotatable bonds is 4. The van der Waals surface area contributed by atoms with E-state index in [0.29, 0.717) is 5.92 Å². The molecule has 1 saturated heterocycles. The van der Waals surface area contributed by atoms with Gasteiger partial charge in [0.05, 0.1) is 13.7 Å². The number of halogens is 1. The Balaban J connectivity index is 0.00000112. The van der Waals surface area contributed by atoms with Gasteiger partial charge in [0.2, 0.25) is 0 Å². The van der Waals surface area contributed by atoms with Crippen molar-refractivity contribution in [2.24, 2.45) is 5.92 Å². The van der Waals surface area contributed by atoms with Gasteiger partial charge in [0, 0.05) is 19.0 Å². The van der Waals surface area contributed by atoms with Gasteiger partial charge in [0.25, 0.3) is 0 Å². The Bertz CT molecular complexity index is 285. The first-order chi connectivity index (χ1) is 6.88. The molecule has 0 amide bonds. The Morgan fingerprint density at radius 2 is 1.80 bits per heavy atom. The summed E-state index contributed by atoms with van der Waals surface area (Å²) in [6, 6.07) is 7.69. The molecule has 1 aliphatic heterocycles. The first kappa shape index (κ1) is 12.1. The number of benzene rings is 1. The van der Waals surface area contributed by atoms with Crippen LogP contribution in [0.1, 0.15) is 0 Å². The lowest BCUT2D eigenvalue weighted by molar-refractivity contribution is 0.199. The highest BCUT2D eigenvalue weighted by atomic mass is 35.5. The monoisotopic (exact) mass is 229 g/mol. The summed E-state index contributed by atoms with van der Waals surface area (Å²) in [5.74, 6) is 2.46. The van der Waals surface area contributed by atoms with Crippen LogP contribution in [0.5, 0.6) is 11.5 Å². The minimum absolute atomic E-state index is 0. The summed E-state index contributed by atoms with van der Waals surface area (Å²) in [5, 5.41) is 3.22. The van der Waals surface area contributed by atoms with Gasteiger partial charge < -0.3 is 14.8 Å². The van der Waals surface area contributed by atoms with E-state index in [-0.39, 0.29) is 12.4 Å². The second-order valence-electron chi connectivity index (χ2n) is 3.51. The lowest BCUT2D eigenvalue weighted by atomic mass is 10.1. The number of hydrogen-bond acceptors (Lipinski definition) is 3. The van der Waals surface area contributed by atoms with Crippen molar-refractivity contribution in [3.63, 3.8) is 0 Å². The molecule has 0 radical (unpaired) electrons. The number of ether oxygens (including phenoxy) is 2. The average Bonchev–Trinajstić information content (AvgIpc) is 2.16. The van der Waals surface area contributed by atoms with E-state index >= 15 is 0 Å². The number of hydrogen-bond donors (Lipinski definition) is 1. The van der Waals surface area contributed by atoms with Gasteiger partial charge in [-0.2, -0.15) is 0 Å². The molecule has 1 fully saturated rings. The molecule has 0 bridgehead atoms. The van der Waals surface area contributed by atoms with Crippen molar-refractivity contribution in [2.75, 3.05) is 26.8 Å². The van der Waals surface area contributed by atoms with E-state index in [1.807, 2.05) is 24.3 Å². The summed E-state index contributed by atoms with van der Waals surface area (Å²) in [6.45, 7) is 2.96. The summed E-state index contributed by atoms with van der Waals surface area (Å²) >= 11 is 0. The molecule has 4 heteroatoms. The van der Waals surface area contributed by atoms with Crippen LogP contribution in [0.2, 0.25) is 0 Å². The van der Waals surface area contributed by atoms with Crippen molar-refractivity contribution in [1.29, 1.82) is 0 Å². The van der Waals surface area contributed by atoms with E-state index in [0.717, 1.165) is 31.2 Å². The third kappa shape index (κ3) is 3.29. The molecule has 0 atom stereocenters. The zero-order valence-electron chi connectivity index (χ0n) is 8.73. The molecule has 0 aromatic heterocycles. The first-order valence-electron chi connectivity index (χ1n) is 4.86. The van der Waals surface area contributed by atoms with Crippen LogP contribution in [0, 0.1) is 5.92 Å². The maximum absolute atomic E-state index is 5.61. The molecular formula is C11H16ClNO2. The Morgan fingerprint density at radius 1 is 1.20 bits per heavy atom. The Kier molecular flexibility index (Phi) is 4.72. The second-order valence-corrected chi connectivity index (χ2v) is 3.51. The van der Waals surface area contributed by atoms with Crippen molar-refractivity contribution in [3.8, 4) is 11.5 Å². The molecule has 84 valence electrons. The van der Waals surface area contributed by atoms with Crippen LogP contribution in [-0.2, 0) is 0 Å². The quantitative estimate of drug-likeness (QED) is 0.853. The standard InChI is InChI=1S/C11H15NO2.ClH/c1-13-10-2-4-11(5-3-10)14-8-9-6-12-7-9;/h2-5,9,12H,6-8H2,1H3;1H. The molecule has 2 rings (SSSR count). The molecule has 1 aromatic rings. The number of methoxy groups -OCH3 is 1. The molecule has 1 N–H and O–H groups in total. The van der Waals surface area contributed by atoms with Crippen LogP contribution < -0.4 is 14.8 Å². The summed E-state index contributed by atoms with van der Waals surface area (Å²) in [5.41, 5.74) is 0. The van der Waals surface area contributed by atoms with E-state index in [4.69, 9.17) is 9.47 Å². The Morgan fingerprint density at radius 3 is 2.27 bits per heavy atom. The van der Waals surface area contributed by atoms with E-state index in [2.05, 4.69) is 5.32 Å². The maximum Gasteiger partial charge on any atom is 0.119 e. The molecule has 1 aromatic carbocycles. The molecule has 0 spiro atoms. The summed E-state index contributed by atoms with van der Waals surface area (Å²) < 4.78 is 10.7. The maximum atomic E-state index is 5.61. The lowest BCUT2D eigenvalue weighted by Gasteiger charge is -2.26. The molecule has 0 saturated carbocycles. The van der Waals surface area contributed by atoms with Crippen molar-refractivity contribution in [2.45, 2.75) is 0 Å². The molecule has 0 aliphatic carbocycles. The molecule has 1 heterocycles. The number of nitrogens with one attached hydrogen (secondary N) is 1. The third-order valence-electron chi connectivity index (χ3n) is 2.41. The van der Waals surface area contributed by atoms with Crippen LogP contribution in [0.3, 0.4) is 0 Å². The largest absolute Gasteiger partial charge is 0.497 e. The predicted octanol–water partition coefficient (Wildman–Crippen LogP) is 1.72. The highest BCUT2D eigenvalue weighted by Gasteiger charge is 2.16. The van der Waals surface area contributed by atoms with E-state index in [1.54, 1.807) is 7.11 Å². The van der Waals surface area contributed by atoms with Crippen LogP contribution in [0.15, 0.2) is 24.3 Å². The van der Waals surface area contributed by atoms with E-state index in [9.17, 15) is 0 Å². The molecule has 15 heavy (non-hydrogen) atoms. The van der Waals surface area contributed by atoms with Gasteiger partial charge in [0.15, 0.2) is 0 Å². The zero-order valence-corrected chi connectivity index (χ0v) is 9.55. The summed E-state index contributed by atoms with van der Waals surface area (Å²) in [4.78, 5) is 0. The van der Waals surface area contributed by atoms with Crippen LogP contribution in [-0.4, -0.2) is 26.8 Å². The fraction of sp³-hybridized carbons (Fsp3) is 0.455. The van der Waals surface area contributed by atoms with Crippen molar-refractivity contribution in [1.82, 2.24) is 5.32 Å². The average molecular weight is 230 g/mol. The molecular weight excluding hydrogens is 214 g/mol. The highest BCUT2D eigenvalue weighted by molar-refractivity contribution is 5.85. The van der Waals surface area contributed by atoms with Gasteiger partial charge in [-0.3, -0.25) is 0 Å². The van der Waals surface area contributed by atoms with Crippen LogP contribution in [0.25, 0.3) is 0 Å². The Labute approximate surface area is 96.2 Å². The van der Waals surface area contributed by atoms with Gasteiger partial charge in [-0.1, -0.05) is 0 Å². The Hall–Kier alpha value is -0.930. The molecule has 1 aliphatic rings. The van der Waals surface area contributed by atoms with E-state index in [1.165, 1.54) is 0 Å². The third-order valence-corrected chi connectivity index (χ3v) is 2.41. The minimum Gasteiger partial charge on any atom is -0.497 e. The molecule has 3 nitrogen and oxygen atoms in total. The van der Waals surface area contributed by atoms with Crippen molar-refractivity contribution >= 4 is 12.4 Å². The van der Waals surface area contributed by atoms with Crippen LogP contribution >= 0.6 is 12.4 Å². The fourth-order valence-corrected chi connectivity index (χ4v) is 1.35. The molecule has 0 unspecified atom stereocenters. The van der Waals surface area contributed by atoms with Crippen molar-refractivity contribution < 1.29 is 9.47 Å². The van der Waals surface area contributed by atoms with E-state index < -0.39 is 0 Å². The minimum atomic E-state index is 0. The predicted molar refractivity (Wildman–Crippen MR) is 62.1 cm³/mol.